The van der Waals surface area contributed by atoms with Gasteiger partial charge < -0.3 is 5.32 Å². The number of nitrogens with one attached hydrogen (secondary N) is 1. The average molecular weight is 364 g/mol. The van der Waals surface area contributed by atoms with Crippen molar-refractivity contribution >= 4 is 27.2 Å². The molecule has 0 saturated carbocycles. The number of nitro groups is 1. The normalized spacial score (nSPS) is 18.8. The number of rotatable bonds is 4. The van der Waals surface area contributed by atoms with Crippen LogP contribution in [0, 0.1) is 17.0 Å². The number of hydrogen-bond donors (Lipinski definition) is 1. The van der Waals surface area contributed by atoms with Crippen LogP contribution in [0.5, 0.6) is 0 Å². The second kappa shape index (κ2) is 6.28. The van der Waals surface area contributed by atoms with Crippen LogP contribution >= 0.6 is 0 Å². The number of carbonyl (C=O) groups excluding carboxylic acids is 1. The first-order valence-corrected chi connectivity index (χ1v) is 9.40. The fourth-order valence-electron chi connectivity index (χ4n) is 2.78. The number of nitrogens with zero attached hydrogens (tertiary/aromatic N) is 3. The number of aromatic nitrogens is 2. The highest BCUT2D eigenvalue weighted by Gasteiger charge is 2.31. The van der Waals surface area contributed by atoms with Crippen molar-refractivity contribution in [3.8, 4) is 0 Å². The number of hydrogen-bond acceptors (Lipinski definition) is 6. The van der Waals surface area contributed by atoms with Gasteiger partial charge in [-0.05, 0) is 25.5 Å². The second-order valence-corrected chi connectivity index (χ2v) is 8.16. The molecule has 10 heteroatoms. The SMILES string of the molecule is Cc1cc(NC(=O)c2ccc([N+](=O)[O-])cc2)n([C@H]2CCS(=O)(=O)C2)n1. The smallest absolute Gasteiger partial charge is 0.269 e. The third-order valence-corrected chi connectivity index (χ3v) is 5.74. The van der Waals surface area contributed by atoms with Gasteiger partial charge in [0.1, 0.15) is 5.82 Å². The van der Waals surface area contributed by atoms with Crippen molar-refractivity contribution in [3.63, 3.8) is 0 Å². The zero-order valence-electron chi connectivity index (χ0n) is 13.4. The lowest BCUT2D eigenvalue weighted by Gasteiger charge is -2.13. The van der Waals surface area contributed by atoms with E-state index >= 15 is 0 Å². The number of carbonyl (C=O) groups is 1. The fraction of sp³-hybridized carbons (Fsp3) is 0.333. The van der Waals surface area contributed by atoms with Crippen LogP contribution in [-0.4, -0.2) is 40.5 Å². The number of amides is 1. The van der Waals surface area contributed by atoms with Crippen molar-refractivity contribution in [2.45, 2.75) is 19.4 Å². The molecule has 1 aliphatic heterocycles. The Kier molecular flexibility index (Phi) is 4.29. The highest BCUT2D eigenvalue weighted by atomic mass is 32.2. The molecule has 132 valence electrons. The van der Waals surface area contributed by atoms with Crippen LogP contribution in [-0.2, 0) is 9.84 Å². The first-order chi connectivity index (χ1) is 11.7. The maximum atomic E-state index is 12.4. The zero-order chi connectivity index (χ0) is 18.2. The number of anilines is 1. The predicted molar refractivity (Wildman–Crippen MR) is 90.3 cm³/mol. The first-order valence-electron chi connectivity index (χ1n) is 7.57. The van der Waals surface area contributed by atoms with Gasteiger partial charge in [-0.3, -0.25) is 14.9 Å². The Morgan fingerprint density at radius 2 is 2.04 bits per heavy atom. The molecule has 3 rings (SSSR count). The number of aryl methyl sites for hydroxylation is 1. The summed E-state index contributed by atoms with van der Waals surface area (Å²) in [7, 11) is -3.08. The van der Waals surface area contributed by atoms with Crippen LogP contribution in [0.4, 0.5) is 11.5 Å². The molecule has 0 spiro atoms. The Bertz CT molecular complexity index is 933. The van der Waals surface area contributed by atoms with E-state index in [-0.39, 0.29) is 28.8 Å². The van der Waals surface area contributed by atoms with Gasteiger partial charge in [0.2, 0.25) is 0 Å². The van der Waals surface area contributed by atoms with Crippen molar-refractivity contribution in [1.29, 1.82) is 0 Å². The molecule has 1 atom stereocenters. The molecule has 0 aliphatic carbocycles. The summed E-state index contributed by atoms with van der Waals surface area (Å²) in [5.74, 6) is 0.0563. The van der Waals surface area contributed by atoms with E-state index in [4.69, 9.17) is 0 Å². The van der Waals surface area contributed by atoms with Crippen LogP contribution in [0.15, 0.2) is 30.3 Å². The van der Waals surface area contributed by atoms with Gasteiger partial charge in [0.05, 0.1) is 28.2 Å². The molecule has 25 heavy (non-hydrogen) atoms. The standard InChI is InChI=1S/C15H16N4O5S/c1-10-8-14(18(17-10)13-6-7-25(23,24)9-13)16-15(20)11-2-4-12(5-3-11)19(21)22/h2-5,8,13H,6-7,9H2,1H3,(H,16,20)/t13-/m0/s1. The van der Waals surface area contributed by atoms with Gasteiger partial charge in [0.15, 0.2) is 9.84 Å². The summed E-state index contributed by atoms with van der Waals surface area (Å²) >= 11 is 0. The molecule has 1 N–H and O–H groups in total. The van der Waals surface area contributed by atoms with E-state index in [1.165, 1.54) is 28.9 Å². The summed E-state index contributed by atoms with van der Waals surface area (Å²) in [6, 6.07) is 6.57. The van der Waals surface area contributed by atoms with Gasteiger partial charge in [0, 0.05) is 23.8 Å². The minimum Gasteiger partial charge on any atom is -0.307 e. The highest BCUT2D eigenvalue weighted by Crippen LogP contribution is 2.27. The van der Waals surface area contributed by atoms with E-state index in [9.17, 15) is 23.3 Å². The maximum Gasteiger partial charge on any atom is 0.269 e. The van der Waals surface area contributed by atoms with Crippen molar-refractivity contribution < 1.29 is 18.1 Å². The number of non-ortho nitro benzene ring substituents is 1. The van der Waals surface area contributed by atoms with Crippen LogP contribution in [0.1, 0.15) is 28.5 Å². The number of sulfone groups is 1. The molecule has 1 aliphatic rings. The van der Waals surface area contributed by atoms with Gasteiger partial charge >= 0.3 is 0 Å². The van der Waals surface area contributed by atoms with Crippen molar-refractivity contribution in [1.82, 2.24) is 9.78 Å². The zero-order valence-corrected chi connectivity index (χ0v) is 14.2. The molecular formula is C15H16N4O5S. The molecule has 1 aromatic heterocycles. The van der Waals surface area contributed by atoms with Crippen LogP contribution in [0.3, 0.4) is 0 Å². The molecule has 2 heterocycles. The molecule has 0 radical (unpaired) electrons. The third-order valence-electron chi connectivity index (χ3n) is 3.99. The molecule has 2 aromatic rings. The van der Waals surface area contributed by atoms with E-state index < -0.39 is 20.7 Å². The molecule has 0 unspecified atom stereocenters. The van der Waals surface area contributed by atoms with Gasteiger partial charge in [0.25, 0.3) is 11.6 Å². The molecule has 9 nitrogen and oxygen atoms in total. The summed E-state index contributed by atoms with van der Waals surface area (Å²) in [5, 5.41) is 17.7. The first kappa shape index (κ1) is 17.1. The summed E-state index contributed by atoms with van der Waals surface area (Å²) < 4.78 is 24.9. The molecule has 1 amide bonds. The lowest BCUT2D eigenvalue weighted by Crippen LogP contribution is -2.19. The largest absolute Gasteiger partial charge is 0.307 e. The molecule has 1 fully saturated rings. The van der Waals surface area contributed by atoms with Gasteiger partial charge in [-0.1, -0.05) is 0 Å². The predicted octanol–water partition coefficient (Wildman–Crippen LogP) is 1.71. The lowest BCUT2D eigenvalue weighted by molar-refractivity contribution is -0.384. The number of benzene rings is 1. The monoisotopic (exact) mass is 364 g/mol. The Balaban J connectivity index is 1.81. The molecular weight excluding hydrogens is 348 g/mol. The number of nitro benzene ring substituents is 1. The Labute approximate surface area is 143 Å². The van der Waals surface area contributed by atoms with Crippen molar-refractivity contribution in [3.05, 3.63) is 51.7 Å². The van der Waals surface area contributed by atoms with E-state index in [1.807, 2.05) is 0 Å². The van der Waals surface area contributed by atoms with E-state index in [0.29, 0.717) is 17.9 Å². The molecule has 0 bridgehead atoms. The molecule has 1 saturated heterocycles. The van der Waals surface area contributed by atoms with Crippen LogP contribution in [0.2, 0.25) is 0 Å². The topological polar surface area (TPSA) is 124 Å². The molecule has 1 aromatic carbocycles. The summed E-state index contributed by atoms with van der Waals surface area (Å²) in [6.07, 6.45) is 0.448. The van der Waals surface area contributed by atoms with Crippen molar-refractivity contribution in [2.24, 2.45) is 0 Å². The van der Waals surface area contributed by atoms with Crippen LogP contribution < -0.4 is 5.32 Å². The quantitative estimate of drug-likeness (QED) is 0.650. The summed E-state index contributed by atoms with van der Waals surface area (Å²) in [4.78, 5) is 22.5. The fourth-order valence-corrected chi connectivity index (χ4v) is 4.47. The Morgan fingerprint density at radius 3 is 2.60 bits per heavy atom. The second-order valence-electron chi connectivity index (χ2n) is 5.93. The van der Waals surface area contributed by atoms with E-state index in [2.05, 4.69) is 10.4 Å². The van der Waals surface area contributed by atoms with Gasteiger partial charge in [-0.25, -0.2) is 13.1 Å². The third kappa shape index (κ3) is 3.68. The average Bonchev–Trinajstić information content (AvgIpc) is 3.09. The Hall–Kier alpha value is -2.75. The maximum absolute atomic E-state index is 12.4. The van der Waals surface area contributed by atoms with Gasteiger partial charge in [-0.2, -0.15) is 5.10 Å². The van der Waals surface area contributed by atoms with E-state index in [0.717, 1.165) is 0 Å². The minimum atomic E-state index is -3.08. The van der Waals surface area contributed by atoms with Gasteiger partial charge in [-0.15, -0.1) is 0 Å². The van der Waals surface area contributed by atoms with E-state index in [1.54, 1.807) is 13.0 Å². The van der Waals surface area contributed by atoms with Crippen molar-refractivity contribution in [2.75, 3.05) is 16.8 Å². The minimum absolute atomic E-state index is 0.00543. The summed E-state index contributed by atoms with van der Waals surface area (Å²) in [6.45, 7) is 1.75. The Morgan fingerprint density at radius 1 is 1.36 bits per heavy atom. The highest BCUT2D eigenvalue weighted by molar-refractivity contribution is 7.91. The van der Waals surface area contributed by atoms with Crippen LogP contribution in [0.25, 0.3) is 0 Å². The summed E-state index contributed by atoms with van der Waals surface area (Å²) in [5.41, 5.74) is 0.812. The lowest BCUT2D eigenvalue weighted by atomic mass is 10.2.